The first kappa shape index (κ1) is 14.2. The van der Waals surface area contributed by atoms with Crippen LogP contribution in [0.1, 0.15) is 42.4 Å². The van der Waals surface area contributed by atoms with Crippen LogP contribution in [0.2, 0.25) is 0 Å². The van der Waals surface area contributed by atoms with Crippen molar-refractivity contribution in [1.82, 2.24) is 10.3 Å². The number of carboxylic acid groups (broad SMARTS) is 1. The Morgan fingerprint density at radius 3 is 2.70 bits per heavy atom. The predicted octanol–water partition coefficient (Wildman–Crippen LogP) is 1.24. The van der Waals surface area contributed by atoms with Crippen LogP contribution in [-0.4, -0.2) is 33.8 Å². The first-order chi connectivity index (χ1) is 9.43. The van der Waals surface area contributed by atoms with Crippen molar-refractivity contribution >= 4 is 17.7 Å². The first-order valence-electron chi connectivity index (χ1n) is 6.55. The van der Waals surface area contributed by atoms with E-state index in [0.29, 0.717) is 6.42 Å². The Balaban J connectivity index is 2.46. The number of rotatable bonds is 4. The molecular weight excluding hydrogens is 258 g/mol. The van der Waals surface area contributed by atoms with Gasteiger partial charge < -0.3 is 10.4 Å². The summed E-state index contributed by atoms with van der Waals surface area (Å²) in [4.78, 5) is 31.6. The Bertz CT molecular complexity index is 593. The van der Waals surface area contributed by atoms with Gasteiger partial charge in [0.05, 0.1) is 5.56 Å². The van der Waals surface area contributed by atoms with Crippen LogP contribution in [0.25, 0.3) is 0 Å². The molecule has 1 amide bonds. The number of carbonyl (C=O) groups excluding carboxylic acids is 1. The average molecular weight is 275 g/mol. The van der Waals surface area contributed by atoms with Gasteiger partial charge in [-0.2, -0.15) is 0 Å². The summed E-state index contributed by atoms with van der Waals surface area (Å²) in [6.07, 6.45) is 2.31. The lowest BCUT2D eigenvalue weighted by Crippen LogP contribution is -2.32. The zero-order chi connectivity index (χ0) is 14.9. The SMILES string of the molecule is CCc1cnc(C2=NC(C(C)C)C(=O)N2)c(C(=O)O)c1. The summed E-state index contributed by atoms with van der Waals surface area (Å²) in [6.45, 7) is 5.71. The van der Waals surface area contributed by atoms with Crippen LogP contribution in [0.3, 0.4) is 0 Å². The number of pyridine rings is 1. The Morgan fingerprint density at radius 1 is 1.50 bits per heavy atom. The molecule has 6 nitrogen and oxygen atoms in total. The van der Waals surface area contributed by atoms with Crippen molar-refractivity contribution in [1.29, 1.82) is 0 Å². The van der Waals surface area contributed by atoms with Gasteiger partial charge in [0, 0.05) is 6.20 Å². The molecule has 2 N–H and O–H groups in total. The molecule has 1 aliphatic rings. The van der Waals surface area contributed by atoms with Crippen molar-refractivity contribution in [2.75, 3.05) is 0 Å². The molecule has 20 heavy (non-hydrogen) atoms. The molecule has 106 valence electrons. The van der Waals surface area contributed by atoms with Crippen LogP contribution in [0.15, 0.2) is 17.3 Å². The number of hydrogen-bond donors (Lipinski definition) is 2. The largest absolute Gasteiger partial charge is 0.478 e. The summed E-state index contributed by atoms with van der Waals surface area (Å²) in [6, 6.07) is 1.08. The molecule has 0 spiro atoms. The summed E-state index contributed by atoms with van der Waals surface area (Å²) in [5, 5.41) is 11.9. The number of aliphatic imine (C=N–C) groups is 1. The van der Waals surface area contributed by atoms with Gasteiger partial charge in [-0.3, -0.25) is 14.8 Å². The highest BCUT2D eigenvalue weighted by atomic mass is 16.4. The highest BCUT2D eigenvalue weighted by Gasteiger charge is 2.31. The van der Waals surface area contributed by atoms with E-state index in [1.165, 1.54) is 0 Å². The first-order valence-corrected chi connectivity index (χ1v) is 6.55. The third kappa shape index (κ3) is 2.54. The number of amides is 1. The fourth-order valence-electron chi connectivity index (χ4n) is 2.05. The van der Waals surface area contributed by atoms with Gasteiger partial charge in [-0.1, -0.05) is 20.8 Å². The van der Waals surface area contributed by atoms with Gasteiger partial charge >= 0.3 is 5.97 Å². The number of carboxylic acids is 1. The minimum absolute atomic E-state index is 0.0516. The third-order valence-electron chi connectivity index (χ3n) is 3.22. The normalized spacial score (nSPS) is 18.1. The Kier molecular flexibility index (Phi) is 3.83. The maximum atomic E-state index is 11.8. The van der Waals surface area contributed by atoms with Crippen LogP contribution < -0.4 is 5.32 Å². The Labute approximate surface area is 116 Å². The molecule has 1 unspecified atom stereocenters. The number of aromatic carboxylic acids is 1. The number of amidine groups is 1. The Hall–Kier alpha value is -2.24. The molecule has 1 atom stereocenters. The number of hydrogen-bond acceptors (Lipinski definition) is 4. The van der Waals surface area contributed by atoms with Gasteiger partial charge in [-0.25, -0.2) is 4.79 Å². The van der Waals surface area contributed by atoms with Crippen LogP contribution >= 0.6 is 0 Å². The zero-order valence-corrected chi connectivity index (χ0v) is 11.7. The van der Waals surface area contributed by atoms with Crippen molar-refractivity contribution in [3.63, 3.8) is 0 Å². The molecule has 0 saturated carbocycles. The fraction of sp³-hybridized carbons (Fsp3) is 0.429. The number of carbonyl (C=O) groups is 2. The van der Waals surface area contributed by atoms with Crippen molar-refractivity contribution in [3.8, 4) is 0 Å². The van der Waals surface area contributed by atoms with Gasteiger partial charge in [0.25, 0.3) is 5.91 Å². The minimum Gasteiger partial charge on any atom is -0.478 e. The summed E-state index contributed by atoms with van der Waals surface area (Å²) in [7, 11) is 0. The second-order valence-corrected chi connectivity index (χ2v) is 5.05. The second kappa shape index (κ2) is 5.40. The van der Waals surface area contributed by atoms with Gasteiger partial charge in [-0.05, 0) is 24.0 Å². The average Bonchev–Trinajstić information content (AvgIpc) is 2.80. The van der Waals surface area contributed by atoms with Crippen molar-refractivity contribution in [3.05, 3.63) is 29.1 Å². The van der Waals surface area contributed by atoms with Crippen molar-refractivity contribution in [2.45, 2.75) is 33.2 Å². The maximum absolute atomic E-state index is 11.8. The smallest absolute Gasteiger partial charge is 0.338 e. The topological polar surface area (TPSA) is 91.7 Å². The van der Waals surface area contributed by atoms with Crippen molar-refractivity contribution in [2.24, 2.45) is 10.9 Å². The summed E-state index contributed by atoms with van der Waals surface area (Å²) in [5.41, 5.74) is 1.11. The lowest BCUT2D eigenvalue weighted by molar-refractivity contribution is -0.120. The van der Waals surface area contributed by atoms with Crippen molar-refractivity contribution < 1.29 is 14.7 Å². The van der Waals surface area contributed by atoms with Crippen LogP contribution in [0.5, 0.6) is 0 Å². The molecule has 0 bridgehead atoms. The summed E-state index contributed by atoms with van der Waals surface area (Å²) in [5.74, 6) is -0.995. The van der Waals surface area contributed by atoms with E-state index in [9.17, 15) is 14.7 Å². The quantitative estimate of drug-likeness (QED) is 0.864. The molecule has 0 aromatic carbocycles. The molecule has 1 aromatic rings. The van der Waals surface area contributed by atoms with E-state index in [1.807, 2.05) is 20.8 Å². The van der Waals surface area contributed by atoms with Crippen LogP contribution in [0, 0.1) is 5.92 Å². The zero-order valence-electron chi connectivity index (χ0n) is 11.7. The highest BCUT2D eigenvalue weighted by Crippen LogP contribution is 2.17. The lowest BCUT2D eigenvalue weighted by Gasteiger charge is -2.06. The molecule has 2 rings (SSSR count). The van der Waals surface area contributed by atoms with Gasteiger partial charge in [0.15, 0.2) is 5.84 Å². The molecule has 0 fully saturated rings. The fourth-order valence-corrected chi connectivity index (χ4v) is 2.05. The van der Waals surface area contributed by atoms with Gasteiger partial charge in [0.1, 0.15) is 11.7 Å². The van der Waals surface area contributed by atoms with E-state index in [-0.39, 0.29) is 28.9 Å². The van der Waals surface area contributed by atoms with Gasteiger partial charge in [0.2, 0.25) is 0 Å². The van der Waals surface area contributed by atoms with E-state index in [2.05, 4.69) is 15.3 Å². The standard InChI is InChI=1S/C14H17N3O3/c1-4-8-5-9(14(19)20)11(15-6-8)12-16-10(7(2)3)13(18)17-12/h5-7,10H,4H2,1-3H3,(H,19,20)(H,16,17,18). The summed E-state index contributed by atoms with van der Waals surface area (Å²) >= 11 is 0. The molecule has 0 aliphatic carbocycles. The highest BCUT2D eigenvalue weighted by molar-refractivity contribution is 6.16. The molecule has 2 heterocycles. The second-order valence-electron chi connectivity index (χ2n) is 5.05. The predicted molar refractivity (Wildman–Crippen MR) is 73.9 cm³/mol. The number of nitrogens with zero attached hydrogens (tertiary/aromatic N) is 2. The number of aryl methyl sites for hydroxylation is 1. The van der Waals surface area contributed by atoms with Crippen LogP contribution in [-0.2, 0) is 11.2 Å². The van der Waals surface area contributed by atoms with E-state index >= 15 is 0 Å². The summed E-state index contributed by atoms with van der Waals surface area (Å²) < 4.78 is 0. The molecule has 6 heteroatoms. The number of nitrogens with one attached hydrogen (secondary N) is 1. The monoisotopic (exact) mass is 275 g/mol. The Morgan fingerprint density at radius 2 is 2.20 bits per heavy atom. The third-order valence-corrected chi connectivity index (χ3v) is 3.22. The maximum Gasteiger partial charge on any atom is 0.338 e. The van der Waals surface area contributed by atoms with E-state index in [0.717, 1.165) is 5.56 Å². The molecule has 0 radical (unpaired) electrons. The molecular formula is C14H17N3O3. The molecule has 0 saturated heterocycles. The molecule has 1 aliphatic heterocycles. The lowest BCUT2D eigenvalue weighted by atomic mass is 10.1. The number of aromatic nitrogens is 1. The van der Waals surface area contributed by atoms with E-state index in [1.54, 1.807) is 12.3 Å². The van der Waals surface area contributed by atoms with Gasteiger partial charge in [-0.15, -0.1) is 0 Å². The van der Waals surface area contributed by atoms with Crippen LogP contribution in [0.4, 0.5) is 0 Å². The van der Waals surface area contributed by atoms with E-state index < -0.39 is 12.0 Å². The minimum atomic E-state index is -1.08. The molecule has 1 aromatic heterocycles. The van der Waals surface area contributed by atoms with E-state index in [4.69, 9.17) is 0 Å².